The maximum Gasteiger partial charge on any atom is 1.00 e. The smallest absolute Gasteiger partial charge is 1.00 e. The van der Waals surface area contributed by atoms with Crippen molar-refractivity contribution in [1.29, 1.82) is 0 Å². The number of amides is 2. The van der Waals surface area contributed by atoms with Gasteiger partial charge in [0, 0.05) is 71.2 Å². The van der Waals surface area contributed by atoms with E-state index in [9.17, 15) is 19.5 Å². The number of piperidine rings is 2. The van der Waals surface area contributed by atoms with Gasteiger partial charge >= 0.3 is 47.7 Å². The Morgan fingerprint density at radius 3 is 1.55 bits per heavy atom. The molecular weight excluding hydrogens is 849 g/mol. The van der Waals surface area contributed by atoms with Crippen LogP contribution < -0.4 is 40.2 Å². The van der Waals surface area contributed by atoms with Crippen molar-refractivity contribution in [3.8, 4) is 0 Å². The van der Waals surface area contributed by atoms with Crippen LogP contribution >= 0.6 is 23.2 Å². The number of pyridine rings is 4. The molecule has 2 fully saturated rings. The molecule has 3 radical (unpaired) electrons. The summed E-state index contributed by atoms with van der Waals surface area (Å²) in [5.41, 5.74) is 3.76. The fourth-order valence-electron chi connectivity index (χ4n) is 6.39. The Morgan fingerprint density at radius 2 is 1.15 bits per heavy atom. The normalized spacial score (nSPS) is 14.5. The summed E-state index contributed by atoms with van der Waals surface area (Å²) in [4.78, 5) is 57.8. The minimum atomic E-state index is -0.526. The molecule has 6 rings (SSSR count). The number of hydrogen-bond donors (Lipinski definition) is 4. The second-order valence-electron chi connectivity index (χ2n) is 16.2. The fraction of sp³-hybridized carbons (Fsp3) is 0.548. The van der Waals surface area contributed by atoms with Gasteiger partial charge in [-0.15, -0.1) is 0 Å². The minimum Gasteiger partial charge on any atom is -1.00 e. The van der Waals surface area contributed by atoms with Crippen LogP contribution in [0.3, 0.4) is 0 Å². The average molecular weight is 909 g/mol. The zero-order chi connectivity index (χ0) is 44.2. The predicted molar refractivity (Wildman–Crippen MR) is 240 cm³/mol. The minimum absolute atomic E-state index is 0. The predicted octanol–water partition coefficient (Wildman–Crippen LogP) is 4.59. The Morgan fingerprint density at radius 1 is 0.742 bits per heavy atom. The molecule has 62 heavy (non-hydrogen) atoms. The van der Waals surface area contributed by atoms with Crippen LogP contribution in [0.5, 0.6) is 0 Å². The number of aliphatic hydroxyl groups excluding tert-OH is 2. The topological polar surface area (TPSA) is 201 Å². The van der Waals surface area contributed by atoms with Crippen LogP contribution in [0.2, 0.25) is 10.3 Å². The summed E-state index contributed by atoms with van der Waals surface area (Å²) in [6.45, 7) is 17.3. The number of anilines is 2. The van der Waals surface area contributed by atoms with Gasteiger partial charge in [-0.05, 0) is 105 Å². The van der Waals surface area contributed by atoms with Gasteiger partial charge in [-0.25, -0.2) is 24.4 Å². The Balaban J connectivity index is 0.000000570. The second kappa shape index (κ2) is 25.0. The van der Waals surface area contributed by atoms with E-state index in [1.54, 1.807) is 48.0 Å². The summed E-state index contributed by atoms with van der Waals surface area (Å²) < 4.78 is 16.1. The van der Waals surface area contributed by atoms with Crippen LogP contribution in [0.4, 0.5) is 21.0 Å². The van der Waals surface area contributed by atoms with Crippen LogP contribution in [-0.4, -0.2) is 129 Å². The number of likely N-dealkylation sites (tertiary alicyclic amines) is 2. The van der Waals surface area contributed by atoms with Gasteiger partial charge in [0.05, 0.1) is 35.6 Å². The Kier molecular flexibility index (Phi) is 21.9. The molecule has 0 atom stereocenters. The van der Waals surface area contributed by atoms with Gasteiger partial charge in [0.25, 0.3) is 0 Å². The summed E-state index contributed by atoms with van der Waals surface area (Å²) in [5, 5.41) is 24.9. The van der Waals surface area contributed by atoms with E-state index in [2.05, 4.69) is 30.6 Å². The van der Waals surface area contributed by atoms with Crippen molar-refractivity contribution in [2.45, 2.75) is 111 Å². The van der Waals surface area contributed by atoms with E-state index in [-0.39, 0.29) is 83.5 Å². The van der Waals surface area contributed by atoms with Crippen molar-refractivity contribution in [3.63, 3.8) is 0 Å². The van der Waals surface area contributed by atoms with E-state index < -0.39 is 17.2 Å². The van der Waals surface area contributed by atoms with Crippen molar-refractivity contribution in [1.82, 2.24) is 29.7 Å². The Labute approximate surface area is 399 Å². The van der Waals surface area contributed by atoms with E-state index in [1.807, 2.05) is 47.6 Å². The summed E-state index contributed by atoms with van der Waals surface area (Å²) >= 11 is 12.1. The zero-order valence-electron chi connectivity index (χ0n) is 38.3. The van der Waals surface area contributed by atoms with Crippen LogP contribution in [-0.2, 0) is 20.8 Å². The van der Waals surface area contributed by atoms with Crippen molar-refractivity contribution in [2.75, 3.05) is 50.0 Å². The molecular formula is C42H59BCl2N8NaO8. The SMILES string of the molecule is CC(C)(C)OC(=O)N1CCC(Nc2c(CO)cnc3ccc(Cl)nc23)CC1.CCO.CCOC(=O)c1cnc2ccc(Cl)nc2c1NC1CCN(C(=O)OC(C)(C)C)CC1.[B].[H-].[Na+]. The monoisotopic (exact) mass is 907 g/mol. The summed E-state index contributed by atoms with van der Waals surface area (Å²) in [5.74, 6) is -0.470. The maximum absolute atomic E-state index is 12.5. The number of hydrogen-bond acceptors (Lipinski definition) is 14. The summed E-state index contributed by atoms with van der Waals surface area (Å²) in [6, 6.07) is 7.12. The summed E-state index contributed by atoms with van der Waals surface area (Å²) in [7, 11) is 0. The van der Waals surface area contributed by atoms with Gasteiger partial charge in [-0.2, -0.15) is 0 Å². The van der Waals surface area contributed by atoms with Gasteiger partial charge in [-0.3, -0.25) is 9.97 Å². The fourth-order valence-corrected chi connectivity index (χ4v) is 6.68. The number of ether oxygens (including phenoxy) is 3. The number of fused-ring (bicyclic) bond motifs is 2. The first kappa shape index (κ1) is 54.4. The van der Waals surface area contributed by atoms with E-state index in [0.717, 1.165) is 18.5 Å². The molecule has 4 N–H and O–H groups in total. The third kappa shape index (κ3) is 16.1. The average Bonchev–Trinajstić information content (AvgIpc) is 3.18. The van der Waals surface area contributed by atoms with Crippen LogP contribution in [0.15, 0.2) is 36.7 Å². The molecule has 4 aromatic rings. The molecule has 20 heteroatoms. The zero-order valence-corrected chi connectivity index (χ0v) is 40.8. The molecule has 16 nitrogen and oxygen atoms in total. The number of esters is 1. The first-order valence-corrected chi connectivity index (χ1v) is 20.9. The number of nitrogens with zero attached hydrogens (tertiary/aromatic N) is 6. The number of nitrogens with one attached hydrogen (secondary N) is 2. The molecule has 2 aliphatic heterocycles. The van der Waals surface area contributed by atoms with Crippen LogP contribution in [0.25, 0.3) is 22.1 Å². The van der Waals surface area contributed by atoms with Gasteiger partial charge in [-0.1, -0.05) is 23.2 Å². The van der Waals surface area contributed by atoms with E-state index in [0.29, 0.717) is 88.2 Å². The molecule has 6 heterocycles. The quantitative estimate of drug-likeness (QED) is 0.0869. The number of aromatic nitrogens is 4. The van der Waals surface area contributed by atoms with Gasteiger partial charge in [0.15, 0.2) is 0 Å². The molecule has 4 aromatic heterocycles. The van der Waals surface area contributed by atoms with Gasteiger partial charge in [0.2, 0.25) is 0 Å². The first-order chi connectivity index (χ1) is 28.4. The molecule has 0 bridgehead atoms. The second-order valence-corrected chi connectivity index (χ2v) is 17.0. The van der Waals surface area contributed by atoms with Crippen LogP contribution in [0, 0.1) is 0 Å². The number of rotatable bonds is 7. The van der Waals surface area contributed by atoms with Crippen LogP contribution in [0.1, 0.15) is 98.4 Å². The molecule has 0 unspecified atom stereocenters. The summed E-state index contributed by atoms with van der Waals surface area (Å²) in [6.07, 6.45) is 5.50. The van der Waals surface area contributed by atoms with E-state index in [1.165, 1.54) is 6.20 Å². The number of carbonyl (C=O) groups is 3. The first-order valence-electron chi connectivity index (χ1n) is 20.1. The maximum atomic E-state index is 12.5. The largest absolute Gasteiger partial charge is 1.00 e. The van der Waals surface area contributed by atoms with E-state index in [4.69, 9.17) is 42.5 Å². The Bertz CT molecular complexity index is 2100. The molecule has 0 aliphatic carbocycles. The van der Waals surface area contributed by atoms with Crippen molar-refractivity contribution < 1.29 is 69.8 Å². The third-order valence-corrected chi connectivity index (χ3v) is 9.51. The van der Waals surface area contributed by atoms with Crippen molar-refractivity contribution in [2.24, 2.45) is 0 Å². The van der Waals surface area contributed by atoms with Gasteiger partial charge in [0.1, 0.15) is 38.1 Å². The van der Waals surface area contributed by atoms with Crippen molar-refractivity contribution in [3.05, 3.63) is 58.1 Å². The molecule has 0 aromatic carbocycles. The molecule has 0 spiro atoms. The number of carbonyl (C=O) groups excluding carboxylic acids is 3. The number of aliphatic hydroxyl groups is 2. The molecule has 2 amide bonds. The standard InChI is InChI=1S/C21H27ClN4O4.C19H25ClN4O3.C2H6O.B.Na.H/c1-5-29-19(27)14-12-23-15-6-7-16(22)25-18(15)17(14)24-13-8-10-26(11-9-13)20(28)30-21(2,3)4;1-19(2,3)27-18(26)24-8-6-13(7-9-24)22-16-12(11-25)10-21-14-4-5-15(20)23-17(14)16;1-2-3;;;/h6-7,12-13H,5,8-11H2,1-4H3,(H,23,24);4-5,10,13,25H,6-9,11H2,1-3H3,(H,21,22);3H,2H2,1H3;;;/q;;;;+1;-1. The molecule has 0 saturated carbocycles. The van der Waals surface area contributed by atoms with Crippen molar-refractivity contribution >= 4 is 83.2 Å². The van der Waals surface area contributed by atoms with E-state index >= 15 is 0 Å². The molecule has 2 aliphatic rings. The third-order valence-electron chi connectivity index (χ3n) is 9.09. The number of halogens is 2. The molecule has 2 saturated heterocycles. The van der Waals surface area contributed by atoms with Gasteiger partial charge < -0.3 is 46.3 Å². The molecule has 333 valence electrons. The Hall–Kier alpha value is -3.71.